The van der Waals surface area contributed by atoms with Gasteiger partial charge in [-0.1, -0.05) is 6.92 Å². The second-order valence-electron chi connectivity index (χ2n) is 7.21. The summed E-state index contributed by atoms with van der Waals surface area (Å²) in [5.74, 6) is -0.177. The highest BCUT2D eigenvalue weighted by molar-refractivity contribution is 7.13. The molecule has 2 unspecified atom stereocenters. The number of hydrogen-bond donors (Lipinski definition) is 1. The Bertz CT molecular complexity index is 816. The molecule has 0 radical (unpaired) electrons. The third-order valence-corrected chi connectivity index (χ3v) is 5.50. The van der Waals surface area contributed by atoms with Crippen LogP contribution < -0.4 is 4.74 Å². The summed E-state index contributed by atoms with van der Waals surface area (Å²) in [6.07, 6.45) is 1.40. The Morgan fingerprint density at radius 2 is 2.00 bits per heavy atom. The minimum Gasteiger partial charge on any atom is -0.491 e. The maximum absolute atomic E-state index is 12.8. The number of amides is 1. The lowest BCUT2D eigenvalue weighted by atomic mass is 9.92. The molecule has 2 atom stereocenters. The molecule has 1 amide bonds. The fraction of sp³-hybridized carbons (Fsp3) is 0.450. The van der Waals surface area contributed by atoms with Gasteiger partial charge < -0.3 is 14.7 Å². The van der Waals surface area contributed by atoms with Crippen LogP contribution in [0.2, 0.25) is 0 Å². The first kappa shape index (κ1) is 19.4. The highest BCUT2D eigenvalue weighted by atomic mass is 32.1. The van der Waals surface area contributed by atoms with Gasteiger partial charge in [0.2, 0.25) is 0 Å². The number of carboxylic acid groups (broad SMARTS) is 1. The second kappa shape index (κ2) is 8.08. The van der Waals surface area contributed by atoms with E-state index in [2.05, 4.69) is 4.98 Å². The van der Waals surface area contributed by atoms with Crippen molar-refractivity contribution in [2.75, 3.05) is 6.54 Å². The molecule has 1 saturated heterocycles. The van der Waals surface area contributed by atoms with Crippen LogP contribution >= 0.6 is 11.3 Å². The van der Waals surface area contributed by atoms with Gasteiger partial charge in [0.05, 0.1) is 6.10 Å². The Morgan fingerprint density at radius 3 is 2.63 bits per heavy atom. The standard InChI is InChI=1S/C20H24N2O4S/c1-12(2)26-15-6-4-14(5-7-15)18-21-16(11-27-18)19(23)22-9-8-13(3)10-17(22)20(24)25/h4-7,11-13,17H,8-10H2,1-3H3,(H,24,25). The van der Waals surface area contributed by atoms with Crippen LogP contribution in [-0.2, 0) is 4.79 Å². The van der Waals surface area contributed by atoms with Gasteiger partial charge in [-0.15, -0.1) is 11.3 Å². The average molecular weight is 388 g/mol. The summed E-state index contributed by atoms with van der Waals surface area (Å²) in [5.41, 5.74) is 1.20. The lowest BCUT2D eigenvalue weighted by Crippen LogP contribution is -2.49. The first-order valence-electron chi connectivity index (χ1n) is 9.11. The van der Waals surface area contributed by atoms with Crippen molar-refractivity contribution in [3.8, 4) is 16.3 Å². The highest BCUT2D eigenvalue weighted by Crippen LogP contribution is 2.29. The molecular weight excluding hydrogens is 364 g/mol. The van der Waals surface area contributed by atoms with Gasteiger partial charge in [-0.05, 0) is 56.9 Å². The second-order valence-corrected chi connectivity index (χ2v) is 8.07. The average Bonchev–Trinajstić information content (AvgIpc) is 3.11. The van der Waals surface area contributed by atoms with Gasteiger partial charge in [0.15, 0.2) is 0 Å². The molecule has 3 rings (SSSR count). The number of hydrogen-bond acceptors (Lipinski definition) is 5. The normalized spacial score (nSPS) is 19.9. The molecule has 1 aromatic carbocycles. The lowest BCUT2D eigenvalue weighted by molar-refractivity contribution is -0.144. The van der Waals surface area contributed by atoms with Crippen LogP contribution in [0.4, 0.5) is 0 Å². The van der Waals surface area contributed by atoms with Crippen molar-refractivity contribution >= 4 is 23.2 Å². The molecule has 1 fully saturated rings. The molecule has 6 nitrogen and oxygen atoms in total. The van der Waals surface area contributed by atoms with Crippen LogP contribution in [-0.4, -0.2) is 45.6 Å². The Labute approximate surface area is 162 Å². The summed E-state index contributed by atoms with van der Waals surface area (Å²) < 4.78 is 5.64. The number of nitrogens with zero attached hydrogens (tertiary/aromatic N) is 2. The van der Waals surface area contributed by atoms with E-state index in [0.717, 1.165) is 22.7 Å². The summed E-state index contributed by atoms with van der Waals surface area (Å²) in [5, 5.41) is 11.9. The van der Waals surface area contributed by atoms with Gasteiger partial charge >= 0.3 is 5.97 Å². The van der Waals surface area contributed by atoms with Crippen molar-refractivity contribution in [2.45, 2.75) is 45.8 Å². The van der Waals surface area contributed by atoms with Crippen molar-refractivity contribution in [2.24, 2.45) is 5.92 Å². The predicted molar refractivity (Wildman–Crippen MR) is 104 cm³/mol. The number of rotatable bonds is 5. The molecule has 1 aliphatic rings. The molecule has 0 bridgehead atoms. The van der Waals surface area contributed by atoms with Gasteiger partial charge in [-0.3, -0.25) is 4.79 Å². The van der Waals surface area contributed by atoms with E-state index >= 15 is 0 Å². The summed E-state index contributed by atoms with van der Waals surface area (Å²) >= 11 is 1.38. The van der Waals surface area contributed by atoms with Crippen molar-refractivity contribution in [1.82, 2.24) is 9.88 Å². The predicted octanol–water partition coefficient (Wildman–Crippen LogP) is 3.92. The minimum atomic E-state index is -0.953. The topological polar surface area (TPSA) is 79.7 Å². The summed E-state index contributed by atoms with van der Waals surface area (Å²) in [6.45, 7) is 6.41. The monoisotopic (exact) mass is 388 g/mol. The number of aliphatic carboxylic acids is 1. The summed E-state index contributed by atoms with van der Waals surface area (Å²) in [6, 6.07) is 6.80. The molecular formula is C20H24N2O4S. The maximum Gasteiger partial charge on any atom is 0.326 e. The molecule has 0 saturated carbocycles. The van der Waals surface area contributed by atoms with E-state index in [1.54, 1.807) is 5.38 Å². The van der Waals surface area contributed by atoms with Crippen LogP contribution in [0.1, 0.15) is 44.1 Å². The minimum absolute atomic E-state index is 0.106. The first-order valence-corrected chi connectivity index (χ1v) is 9.99. The Balaban J connectivity index is 1.76. The molecule has 1 aromatic heterocycles. The van der Waals surface area contributed by atoms with Crippen LogP contribution in [0.5, 0.6) is 5.75 Å². The van der Waals surface area contributed by atoms with E-state index in [1.165, 1.54) is 16.2 Å². The fourth-order valence-electron chi connectivity index (χ4n) is 3.22. The third-order valence-electron chi connectivity index (χ3n) is 4.61. The molecule has 144 valence electrons. The SMILES string of the molecule is CC1CCN(C(=O)c2csc(-c3ccc(OC(C)C)cc3)n2)C(C(=O)O)C1. The summed E-state index contributed by atoms with van der Waals surface area (Å²) in [7, 11) is 0. The van der Waals surface area contributed by atoms with Crippen molar-refractivity contribution in [1.29, 1.82) is 0 Å². The Kier molecular flexibility index (Phi) is 5.79. The molecule has 1 aliphatic heterocycles. The highest BCUT2D eigenvalue weighted by Gasteiger charge is 2.35. The molecule has 2 aromatic rings. The number of piperidine rings is 1. The molecule has 1 N–H and O–H groups in total. The zero-order valence-electron chi connectivity index (χ0n) is 15.7. The van der Waals surface area contributed by atoms with E-state index in [1.807, 2.05) is 45.0 Å². The number of aromatic nitrogens is 1. The van der Waals surface area contributed by atoms with E-state index in [0.29, 0.717) is 24.6 Å². The van der Waals surface area contributed by atoms with E-state index in [-0.39, 0.29) is 12.0 Å². The van der Waals surface area contributed by atoms with Crippen LogP contribution in [0.3, 0.4) is 0 Å². The van der Waals surface area contributed by atoms with Crippen molar-refractivity contribution in [3.05, 3.63) is 35.3 Å². The van der Waals surface area contributed by atoms with Crippen LogP contribution in [0.15, 0.2) is 29.6 Å². The summed E-state index contributed by atoms with van der Waals surface area (Å²) in [4.78, 5) is 30.3. The van der Waals surface area contributed by atoms with Gasteiger partial charge in [-0.25, -0.2) is 9.78 Å². The smallest absolute Gasteiger partial charge is 0.326 e. The number of carbonyl (C=O) groups is 2. The Hall–Kier alpha value is -2.41. The largest absolute Gasteiger partial charge is 0.491 e. The zero-order valence-corrected chi connectivity index (χ0v) is 16.5. The third kappa shape index (κ3) is 4.47. The number of ether oxygens (including phenoxy) is 1. The number of benzene rings is 1. The molecule has 7 heteroatoms. The Morgan fingerprint density at radius 1 is 1.30 bits per heavy atom. The zero-order chi connectivity index (χ0) is 19.6. The van der Waals surface area contributed by atoms with Gasteiger partial charge in [-0.2, -0.15) is 0 Å². The lowest BCUT2D eigenvalue weighted by Gasteiger charge is -2.35. The maximum atomic E-state index is 12.8. The molecule has 0 spiro atoms. The van der Waals surface area contributed by atoms with Crippen LogP contribution in [0, 0.1) is 5.92 Å². The van der Waals surface area contributed by atoms with Gasteiger partial charge in [0.1, 0.15) is 22.5 Å². The van der Waals surface area contributed by atoms with Gasteiger partial charge in [0.25, 0.3) is 5.91 Å². The number of carboxylic acids is 1. The van der Waals surface area contributed by atoms with E-state index in [4.69, 9.17) is 4.74 Å². The first-order chi connectivity index (χ1) is 12.8. The number of carbonyl (C=O) groups excluding carboxylic acids is 1. The van der Waals surface area contributed by atoms with E-state index in [9.17, 15) is 14.7 Å². The van der Waals surface area contributed by atoms with Crippen molar-refractivity contribution in [3.63, 3.8) is 0 Å². The van der Waals surface area contributed by atoms with E-state index < -0.39 is 12.0 Å². The quantitative estimate of drug-likeness (QED) is 0.840. The number of likely N-dealkylation sites (tertiary alicyclic amines) is 1. The molecule has 27 heavy (non-hydrogen) atoms. The van der Waals surface area contributed by atoms with Gasteiger partial charge in [0, 0.05) is 17.5 Å². The fourth-order valence-corrected chi connectivity index (χ4v) is 4.02. The van der Waals surface area contributed by atoms with Crippen LogP contribution in [0.25, 0.3) is 10.6 Å². The molecule has 2 heterocycles. The number of thiazole rings is 1. The molecule has 0 aliphatic carbocycles. The van der Waals surface area contributed by atoms with Crippen molar-refractivity contribution < 1.29 is 19.4 Å².